The van der Waals surface area contributed by atoms with E-state index in [1.54, 1.807) is 24.5 Å². The summed E-state index contributed by atoms with van der Waals surface area (Å²) in [5.74, 6) is 0.670. The number of amides is 1. The number of carbonyl (C=O) groups is 1. The summed E-state index contributed by atoms with van der Waals surface area (Å²) in [4.78, 5) is 20.3. The van der Waals surface area contributed by atoms with Crippen LogP contribution in [-0.2, 0) is 11.2 Å². The molecule has 0 radical (unpaired) electrons. The average molecular weight is 338 g/mol. The van der Waals surface area contributed by atoms with Crippen molar-refractivity contribution in [1.82, 2.24) is 20.4 Å². The molecule has 2 N–H and O–H groups in total. The molecule has 2 heterocycles. The Morgan fingerprint density at radius 3 is 2.64 bits per heavy atom. The van der Waals surface area contributed by atoms with Gasteiger partial charge in [-0.3, -0.25) is 9.78 Å². The number of benzene rings is 1. The Morgan fingerprint density at radius 2 is 1.92 bits per heavy atom. The van der Waals surface area contributed by atoms with Gasteiger partial charge >= 0.3 is 0 Å². The van der Waals surface area contributed by atoms with E-state index in [9.17, 15) is 9.90 Å². The Balaban J connectivity index is 1.55. The molecule has 0 saturated carbocycles. The number of nitrogens with one attached hydrogen (secondary N) is 1. The number of rotatable bonds is 7. The summed E-state index contributed by atoms with van der Waals surface area (Å²) < 4.78 is 5.17. The summed E-state index contributed by atoms with van der Waals surface area (Å²) >= 11 is 0. The van der Waals surface area contributed by atoms with Crippen LogP contribution in [0.25, 0.3) is 11.4 Å². The number of pyridine rings is 1. The first-order chi connectivity index (χ1) is 12.3. The van der Waals surface area contributed by atoms with Gasteiger partial charge in [0.25, 0.3) is 0 Å². The molecule has 0 fully saturated rings. The van der Waals surface area contributed by atoms with Gasteiger partial charge < -0.3 is 14.9 Å². The highest BCUT2D eigenvalue weighted by Crippen LogP contribution is 2.15. The summed E-state index contributed by atoms with van der Waals surface area (Å²) in [6.45, 7) is -0.164. The minimum atomic E-state index is -0.427. The molecule has 1 atom stereocenters. The number of carbonyl (C=O) groups excluding carboxylic acids is 1. The van der Waals surface area contributed by atoms with Gasteiger partial charge in [-0.1, -0.05) is 35.5 Å². The summed E-state index contributed by atoms with van der Waals surface area (Å²) in [7, 11) is 0. The van der Waals surface area contributed by atoms with Gasteiger partial charge in [0, 0.05) is 30.8 Å². The molecule has 128 valence electrons. The van der Waals surface area contributed by atoms with Crippen LogP contribution in [0.3, 0.4) is 0 Å². The van der Waals surface area contributed by atoms with Crippen LogP contribution in [0.1, 0.15) is 23.9 Å². The third-order valence-corrected chi connectivity index (χ3v) is 3.69. The van der Waals surface area contributed by atoms with Crippen LogP contribution < -0.4 is 5.32 Å². The summed E-state index contributed by atoms with van der Waals surface area (Å²) in [6.07, 6.45) is 3.83. The number of hydrogen-bond donors (Lipinski definition) is 2. The zero-order valence-electron chi connectivity index (χ0n) is 13.5. The van der Waals surface area contributed by atoms with Crippen LogP contribution >= 0.6 is 0 Å². The lowest BCUT2D eigenvalue weighted by molar-refractivity contribution is -0.122. The molecule has 0 saturated heterocycles. The van der Waals surface area contributed by atoms with Crippen molar-refractivity contribution in [3.8, 4) is 11.4 Å². The maximum Gasteiger partial charge on any atom is 0.227 e. The largest absolute Gasteiger partial charge is 0.394 e. The van der Waals surface area contributed by atoms with E-state index in [1.807, 2.05) is 30.3 Å². The number of aliphatic hydroxyl groups is 1. The normalized spacial score (nSPS) is 11.9. The van der Waals surface area contributed by atoms with E-state index in [0.29, 0.717) is 18.1 Å². The van der Waals surface area contributed by atoms with Crippen LogP contribution in [0.5, 0.6) is 0 Å². The fourth-order valence-corrected chi connectivity index (χ4v) is 2.38. The van der Waals surface area contributed by atoms with Gasteiger partial charge in [0.05, 0.1) is 12.6 Å². The highest BCUT2D eigenvalue weighted by molar-refractivity contribution is 5.76. The second-order valence-electron chi connectivity index (χ2n) is 5.46. The molecule has 1 amide bonds. The van der Waals surface area contributed by atoms with Crippen molar-refractivity contribution in [1.29, 1.82) is 0 Å². The van der Waals surface area contributed by atoms with E-state index in [1.165, 1.54) is 0 Å². The Labute approximate surface area is 144 Å². The molecule has 1 aromatic carbocycles. The van der Waals surface area contributed by atoms with E-state index in [4.69, 9.17) is 4.52 Å². The van der Waals surface area contributed by atoms with Crippen molar-refractivity contribution in [2.24, 2.45) is 0 Å². The lowest BCUT2D eigenvalue weighted by Crippen LogP contribution is -2.30. The number of aryl methyl sites for hydroxylation is 1. The number of nitrogens with zero attached hydrogens (tertiary/aromatic N) is 3. The van der Waals surface area contributed by atoms with Crippen molar-refractivity contribution in [3.63, 3.8) is 0 Å². The second-order valence-corrected chi connectivity index (χ2v) is 5.46. The first kappa shape index (κ1) is 16.8. The number of aliphatic hydroxyl groups excluding tert-OH is 1. The molecule has 0 spiro atoms. The van der Waals surface area contributed by atoms with E-state index in [-0.39, 0.29) is 18.9 Å². The van der Waals surface area contributed by atoms with Gasteiger partial charge in [0.15, 0.2) is 0 Å². The molecule has 3 rings (SSSR count). The van der Waals surface area contributed by atoms with Crippen LogP contribution in [0.15, 0.2) is 59.4 Å². The third kappa shape index (κ3) is 4.48. The van der Waals surface area contributed by atoms with Crippen LogP contribution in [-0.4, -0.2) is 32.7 Å². The molecule has 7 heteroatoms. The molecule has 0 bridgehead atoms. The van der Waals surface area contributed by atoms with Crippen molar-refractivity contribution in [2.75, 3.05) is 6.61 Å². The maximum absolute atomic E-state index is 12.1. The molecular weight excluding hydrogens is 320 g/mol. The Hall–Kier alpha value is -3.06. The maximum atomic E-state index is 12.1. The fraction of sp³-hybridized carbons (Fsp3) is 0.222. The molecule has 3 aromatic rings. The van der Waals surface area contributed by atoms with Crippen LogP contribution in [0, 0.1) is 0 Å². The molecule has 0 aliphatic rings. The lowest BCUT2D eigenvalue weighted by Gasteiger charge is -2.16. The van der Waals surface area contributed by atoms with E-state index >= 15 is 0 Å². The van der Waals surface area contributed by atoms with Crippen molar-refractivity contribution in [3.05, 3.63) is 66.3 Å². The van der Waals surface area contributed by atoms with Crippen molar-refractivity contribution < 1.29 is 14.4 Å². The standard InChI is InChI=1S/C18H18N4O3/c23-12-15(13-4-2-1-3-5-13)20-16(24)6-7-17-21-18(22-25-17)14-8-10-19-11-9-14/h1-5,8-11,15,23H,6-7,12H2,(H,20,24). The van der Waals surface area contributed by atoms with Gasteiger partial charge in [-0.15, -0.1) is 0 Å². The first-order valence-electron chi connectivity index (χ1n) is 7.94. The summed E-state index contributed by atoms with van der Waals surface area (Å²) in [5, 5.41) is 16.2. The van der Waals surface area contributed by atoms with E-state index < -0.39 is 6.04 Å². The Bertz CT molecular complexity index is 805. The zero-order chi connectivity index (χ0) is 17.5. The lowest BCUT2D eigenvalue weighted by atomic mass is 10.1. The molecule has 25 heavy (non-hydrogen) atoms. The highest BCUT2D eigenvalue weighted by atomic mass is 16.5. The summed E-state index contributed by atoms with van der Waals surface area (Å²) in [6, 6.07) is 12.5. The van der Waals surface area contributed by atoms with Gasteiger partial charge in [-0.05, 0) is 17.7 Å². The Kier molecular flexibility index (Phi) is 5.48. The van der Waals surface area contributed by atoms with E-state index in [2.05, 4.69) is 20.4 Å². The zero-order valence-corrected chi connectivity index (χ0v) is 13.5. The van der Waals surface area contributed by atoms with Crippen molar-refractivity contribution >= 4 is 5.91 Å². The summed E-state index contributed by atoms with van der Waals surface area (Å²) in [5.41, 5.74) is 1.66. The monoisotopic (exact) mass is 338 g/mol. The molecule has 1 unspecified atom stereocenters. The molecular formula is C18H18N4O3. The van der Waals surface area contributed by atoms with Gasteiger partial charge in [-0.2, -0.15) is 4.98 Å². The minimum absolute atomic E-state index is 0.164. The third-order valence-electron chi connectivity index (χ3n) is 3.69. The fourth-order valence-electron chi connectivity index (χ4n) is 2.38. The Morgan fingerprint density at radius 1 is 1.16 bits per heavy atom. The van der Waals surface area contributed by atoms with E-state index in [0.717, 1.165) is 11.1 Å². The topological polar surface area (TPSA) is 101 Å². The second kappa shape index (κ2) is 8.16. The number of aromatic nitrogens is 3. The predicted octanol–water partition coefficient (Wildman–Crippen LogP) is 1.91. The van der Waals surface area contributed by atoms with Crippen LogP contribution in [0.2, 0.25) is 0 Å². The smallest absolute Gasteiger partial charge is 0.227 e. The van der Waals surface area contributed by atoms with Crippen LogP contribution in [0.4, 0.5) is 0 Å². The van der Waals surface area contributed by atoms with Gasteiger partial charge in [0.2, 0.25) is 17.6 Å². The van der Waals surface area contributed by atoms with Crippen molar-refractivity contribution in [2.45, 2.75) is 18.9 Å². The quantitative estimate of drug-likeness (QED) is 0.682. The minimum Gasteiger partial charge on any atom is -0.394 e. The number of hydrogen-bond acceptors (Lipinski definition) is 6. The molecule has 0 aliphatic heterocycles. The average Bonchev–Trinajstić information content (AvgIpc) is 3.15. The highest BCUT2D eigenvalue weighted by Gasteiger charge is 2.15. The SMILES string of the molecule is O=C(CCc1nc(-c2ccncc2)no1)NC(CO)c1ccccc1. The van der Waals surface area contributed by atoms with Gasteiger partial charge in [-0.25, -0.2) is 0 Å². The molecule has 0 aliphatic carbocycles. The first-order valence-corrected chi connectivity index (χ1v) is 7.94. The predicted molar refractivity (Wildman–Crippen MR) is 90.3 cm³/mol. The molecule has 7 nitrogen and oxygen atoms in total. The molecule has 2 aromatic heterocycles. The van der Waals surface area contributed by atoms with Gasteiger partial charge in [0.1, 0.15) is 0 Å².